The molecule has 1 heterocycles. The number of hydrogen-bond acceptors (Lipinski definition) is 11. The van der Waals surface area contributed by atoms with Crippen LogP contribution in [0.4, 0.5) is 0 Å². The van der Waals surface area contributed by atoms with Crippen molar-refractivity contribution in [3.8, 4) is 0 Å². The molecule has 63 heavy (non-hydrogen) atoms. The van der Waals surface area contributed by atoms with Crippen molar-refractivity contribution < 1.29 is 56.8 Å². The lowest BCUT2D eigenvalue weighted by molar-refractivity contribution is -0.297. The number of carbonyl (C=O) groups is 2. The highest BCUT2D eigenvalue weighted by atomic mass is 32.2. The summed E-state index contributed by atoms with van der Waals surface area (Å²) in [5.74, 6) is -2.04. The first-order valence-electron chi connectivity index (χ1n) is 25.0. The van der Waals surface area contributed by atoms with Crippen LogP contribution in [0.2, 0.25) is 0 Å². The first-order chi connectivity index (χ1) is 30.5. The normalized spacial score (nSPS) is 20.0. The first kappa shape index (κ1) is 58.9. The third kappa shape index (κ3) is 34.8. The van der Waals surface area contributed by atoms with Crippen molar-refractivity contribution in [3.05, 3.63) is 36.5 Å². The van der Waals surface area contributed by atoms with Crippen LogP contribution in [0.1, 0.15) is 213 Å². The number of rotatable bonds is 42. The maximum Gasteiger partial charge on any atom is 0.306 e. The molecule has 13 heteroatoms. The number of aliphatic hydroxyl groups is 3. The molecule has 1 rings (SSSR count). The van der Waals surface area contributed by atoms with E-state index >= 15 is 0 Å². The van der Waals surface area contributed by atoms with Crippen LogP contribution in [0.15, 0.2) is 36.5 Å². The Bertz CT molecular complexity index is 1300. The van der Waals surface area contributed by atoms with Crippen LogP contribution >= 0.6 is 0 Å². The zero-order valence-corrected chi connectivity index (χ0v) is 40.2. The molecule has 12 nitrogen and oxygen atoms in total. The second-order valence-electron chi connectivity index (χ2n) is 17.5. The Kier molecular flexibility index (Phi) is 37.5. The lowest BCUT2D eigenvalue weighted by Crippen LogP contribution is -2.60. The number of unbranched alkanes of at least 4 members (excludes halogenated alkanes) is 24. The van der Waals surface area contributed by atoms with E-state index in [1.807, 2.05) is 0 Å². The van der Waals surface area contributed by atoms with Crippen molar-refractivity contribution in [2.75, 3.05) is 19.0 Å². The largest absolute Gasteiger partial charge is 0.462 e. The van der Waals surface area contributed by atoms with Gasteiger partial charge in [0, 0.05) is 12.8 Å². The molecule has 0 aromatic carbocycles. The van der Waals surface area contributed by atoms with E-state index in [-0.39, 0.29) is 19.4 Å². The van der Waals surface area contributed by atoms with Gasteiger partial charge in [-0.3, -0.25) is 14.1 Å². The zero-order chi connectivity index (χ0) is 46.2. The summed E-state index contributed by atoms with van der Waals surface area (Å²) < 4.78 is 54.1. The van der Waals surface area contributed by atoms with Gasteiger partial charge < -0.3 is 34.3 Å². The molecule has 4 N–H and O–H groups in total. The first-order valence-corrected chi connectivity index (χ1v) is 26.7. The van der Waals surface area contributed by atoms with Crippen LogP contribution in [0.25, 0.3) is 0 Å². The second kappa shape index (κ2) is 40.2. The van der Waals surface area contributed by atoms with Gasteiger partial charge >= 0.3 is 11.9 Å². The van der Waals surface area contributed by atoms with E-state index in [0.717, 1.165) is 57.8 Å². The van der Waals surface area contributed by atoms with E-state index in [0.29, 0.717) is 19.3 Å². The maximum atomic E-state index is 12.8. The molecule has 0 spiro atoms. The molecule has 2 unspecified atom stereocenters. The number of ether oxygens (including phenoxy) is 4. The van der Waals surface area contributed by atoms with Gasteiger partial charge in [-0.05, 0) is 70.6 Å². The summed E-state index contributed by atoms with van der Waals surface area (Å²) in [7, 11) is -4.61. The summed E-state index contributed by atoms with van der Waals surface area (Å²) in [4.78, 5) is 25.4. The Morgan fingerprint density at radius 3 is 1.44 bits per heavy atom. The van der Waals surface area contributed by atoms with E-state index in [2.05, 4.69) is 50.3 Å². The summed E-state index contributed by atoms with van der Waals surface area (Å²) in [6, 6.07) is 0. The van der Waals surface area contributed by atoms with Crippen LogP contribution in [0, 0.1) is 0 Å². The maximum absolute atomic E-state index is 12.8. The highest BCUT2D eigenvalue weighted by Crippen LogP contribution is 2.24. The fourth-order valence-electron chi connectivity index (χ4n) is 7.52. The molecular formula is C50H90O12S. The van der Waals surface area contributed by atoms with E-state index in [9.17, 15) is 37.9 Å². The van der Waals surface area contributed by atoms with Crippen molar-refractivity contribution in [2.45, 2.75) is 250 Å². The molecule has 0 aliphatic carbocycles. The van der Waals surface area contributed by atoms with Gasteiger partial charge in [-0.1, -0.05) is 166 Å². The van der Waals surface area contributed by atoms with E-state index in [1.165, 1.54) is 109 Å². The third-order valence-electron chi connectivity index (χ3n) is 11.4. The van der Waals surface area contributed by atoms with Crippen LogP contribution in [-0.2, 0) is 38.7 Å². The lowest BCUT2D eigenvalue weighted by atomic mass is 10.00. The van der Waals surface area contributed by atoms with Crippen molar-refractivity contribution in [2.24, 2.45) is 0 Å². The molecule has 0 saturated carbocycles. The second-order valence-corrected chi connectivity index (χ2v) is 19.0. The predicted molar refractivity (Wildman–Crippen MR) is 252 cm³/mol. The summed E-state index contributed by atoms with van der Waals surface area (Å²) in [5.41, 5.74) is 0. The fourth-order valence-corrected chi connectivity index (χ4v) is 8.21. The Balaban J connectivity index is 2.37. The standard InChI is InChI=1S/C50H90O12S/c1-3-5-7-9-11-13-15-17-18-19-20-21-22-23-24-25-26-27-29-30-32-34-36-38-45(51)59-40-43(41-60-50-49(55)48(54)47(53)44(62-50)42-63(56,57)58)61-46(52)39-37-35-33-31-28-16-14-12-10-8-6-4-2/h12,14,25-26,30,32,43-44,47-50,53-55H,3-11,13,15-24,27-29,31,33-42H2,1-2H3,(H,56,57,58)/b14-12+,26-25+,32-30+/t43-,44-,47-,48?,49?,50+/m1/s1. The van der Waals surface area contributed by atoms with Crippen molar-refractivity contribution >= 4 is 22.1 Å². The minimum atomic E-state index is -4.61. The number of esters is 2. The molecule has 0 aromatic heterocycles. The summed E-state index contributed by atoms with van der Waals surface area (Å²) in [6.45, 7) is 3.71. The number of allylic oxidation sites excluding steroid dienone is 6. The molecule has 1 fully saturated rings. The van der Waals surface area contributed by atoms with Gasteiger partial charge in [0.25, 0.3) is 10.1 Å². The number of hydrogen-bond donors (Lipinski definition) is 4. The Morgan fingerprint density at radius 1 is 0.524 bits per heavy atom. The highest BCUT2D eigenvalue weighted by molar-refractivity contribution is 7.85. The van der Waals surface area contributed by atoms with Crippen molar-refractivity contribution in [1.82, 2.24) is 0 Å². The van der Waals surface area contributed by atoms with E-state index < -0.39 is 71.2 Å². The molecule has 1 saturated heterocycles. The Hall–Kier alpha value is -2.13. The molecule has 6 atom stereocenters. The highest BCUT2D eigenvalue weighted by Gasteiger charge is 2.46. The van der Waals surface area contributed by atoms with E-state index in [1.54, 1.807) is 0 Å². The molecule has 368 valence electrons. The SMILES string of the molecule is CCCCC/C=C/CCCCCCCC(=O)O[C@H](COC(=O)CCC/C=C/CC/C=C/CCCCCCCCCCCCCCCC)CO[C@H]1O[C@H](CS(=O)(=O)O)[C@@H](O)C(O)C1O. The van der Waals surface area contributed by atoms with Gasteiger partial charge in [0.05, 0.1) is 6.61 Å². The van der Waals surface area contributed by atoms with Crippen LogP contribution in [-0.4, -0.2) is 96.0 Å². The van der Waals surface area contributed by atoms with Gasteiger partial charge in [-0.2, -0.15) is 8.42 Å². The molecule has 0 radical (unpaired) electrons. The van der Waals surface area contributed by atoms with Gasteiger partial charge in [-0.25, -0.2) is 0 Å². The Labute approximate surface area is 382 Å². The lowest BCUT2D eigenvalue weighted by Gasteiger charge is -2.40. The summed E-state index contributed by atoms with van der Waals surface area (Å²) in [6.07, 6.45) is 37.8. The van der Waals surface area contributed by atoms with E-state index in [4.69, 9.17) is 18.9 Å². The molecule has 1 aliphatic heterocycles. The number of aliphatic hydroxyl groups excluding tert-OH is 3. The molecular weight excluding hydrogens is 825 g/mol. The van der Waals surface area contributed by atoms with Gasteiger partial charge in [0.1, 0.15) is 36.8 Å². The average molecular weight is 915 g/mol. The Morgan fingerprint density at radius 2 is 0.937 bits per heavy atom. The smallest absolute Gasteiger partial charge is 0.306 e. The van der Waals surface area contributed by atoms with Crippen LogP contribution < -0.4 is 0 Å². The number of carbonyl (C=O) groups excluding carboxylic acids is 2. The molecule has 1 aliphatic rings. The minimum Gasteiger partial charge on any atom is -0.462 e. The minimum absolute atomic E-state index is 0.146. The topological polar surface area (TPSA) is 186 Å². The van der Waals surface area contributed by atoms with Gasteiger partial charge in [0.2, 0.25) is 0 Å². The fraction of sp³-hybridized carbons (Fsp3) is 0.840. The van der Waals surface area contributed by atoms with Gasteiger partial charge in [0.15, 0.2) is 12.4 Å². The van der Waals surface area contributed by atoms with Gasteiger partial charge in [-0.15, -0.1) is 0 Å². The molecule has 0 aromatic rings. The molecule has 0 amide bonds. The molecule has 0 bridgehead atoms. The monoisotopic (exact) mass is 915 g/mol. The third-order valence-corrected chi connectivity index (χ3v) is 12.2. The predicted octanol–water partition coefficient (Wildman–Crippen LogP) is 11.0. The van der Waals surface area contributed by atoms with Crippen molar-refractivity contribution in [1.29, 1.82) is 0 Å². The summed E-state index contributed by atoms with van der Waals surface area (Å²) in [5, 5.41) is 30.9. The van der Waals surface area contributed by atoms with Crippen molar-refractivity contribution in [3.63, 3.8) is 0 Å². The van der Waals surface area contributed by atoms with Crippen LogP contribution in [0.5, 0.6) is 0 Å². The zero-order valence-electron chi connectivity index (χ0n) is 39.4. The average Bonchev–Trinajstić information content (AvgIpc) is 3.25. The quantitative estimate of drug-likeness (QED) is 0.0197. The summed E-state index contributed by atoms with van der Waals surface area (Å²) >= 11 is 0. The van der Waals surface area contributed by atoms with Crippen LogP contribution in [0.3, 0.4) is 0 Å².